The molecule has 1 aromatic heterocycles. The first kappa shape index (κ1) is 22.9. The van der Waals surface area contributed by atoms with Crippen LogP contribution in [0.5, 0.6) is 0 Å². The minimum atomic E-state index is 0.271. The Kier molecular flexibility index (Phi) is 9.43. The number of H-pyrrole nitrogens is 1. The molecule has 0 aliphatic carbocycles. The lowest BCUT2D eigenvalue weighted by atomic mass is 10.1. The number of unbranched alkanes of at least 4 members (excludes halogenated alkanes) is 5. The molecule has 31 heavy (non-hydrogen) atoms. The van der Waals surface area contributed by atoms with Gasteiger partial charge in [0.25, 0.3) is 0 Å². The maximum atomic E-state index is 13.0. The van der Waals surface area contributed by atoms with E-state index < -0.39 is 0 Å². The Hall–Kier alpha value is -2.81. The standard InChI is InChI=1S/C28H36N2O/c1-2-3-4-5-6-10-19-28(31)30(21-13-16-24-14-8-7-9-15-24)22-20-25-23-29-27-18-12-11-17-26(25)27/h7-9,11-18,23,29H,2-6,10,19-22H2,1H3. The van der Waals surface area contributed by atoms with Gasteiger partial charge in [-0.05, 0) is 30.0 Å². The molecule has 0 bridgehead atoms. The minimum Gasteiger partial charge on any atom is -0.361 e. The number of rotatable bonds is 13. The van der Waals surface area contributed by atoms with Crippen LogP contribution in [0.2, 0.25) is 0 Å². The van der Waals surface area contributed by atoms with Crippen LogP contribution in [-0.2, 0) is 11.2 Å². The van der Waals surface area contributed by atoms with Crippen molar-refractivity contribution < 1.29 is 4.79 Å². The third-order valence-electron chi connectivity index (χ3n) is 5.86. The number of aromatic amines is 1. The number of fused-ring (bicyclic) bond motifs is 1. The van der Waals surface area contributed by atoms with Gasteiger partial charge in [0.2, 0.25) is 5.91 Å². The fourth-order valence-electron chi connectivity index (χ4n) is 4.01. The molecule has 1 heterocycles. The molecule has 1 N–H and O–H groups in total. The van der Waals surface area contributed by atoms with E-state index in [1.807, 2.05) is 29.2 Å². The fourth-order valence-corrected chi connectivity index (χ4v) is 4.01. The van der Waals surface area contributed by atoms with Crippen LogP contribution in [0.15, 0.2) is 66.9 Å². The van der Waals surface area contributed by atoms with Crippen molar-refractivity contribution in [2.45, 2.75) is 58.3 Å². The van der Waals surface area contributed by atoms with Gasteiger partial charge < -0.3 is 9.88 Å². The second-order valence-electron chi connectivity index (χ2n) is 8.28. The Balaban J connectivity index is 1.57. The average Bonchev–Trinajstić information content (AvgIpc) is 3.22. The Morgan fingerprint density at radius 1 is 0.935 bits per heavy atom. The summed E-state index contributed by atoms with van der Waals surface area (Å²) in [4.78, 5) is 18.3. The van der Waals surface area contributed by atoms with Gasteiger partial charge in [0, 0.05) is 36.6 Å². The van der Waals surface area contributed by atoms with Crippen molar-refractivity contribution in [3.05, 3.63) is 78.0 Å². The third kappa shape index (κ3) is 7.43. The third-order valence-corrected chi connectivity index (χ3v) is 5.86. The first-order valence-electron chi connectivity index (χ1n) is 11.8. The lowest BCUT2D eigenvalue weighted by Gasteiger charge is -2.21. The van der Waals surface area contributed by atoms with Gasteiger partial charge in [-0.2, -0.15) is 0 Å². The van der Waals surface area contributed by atoms with E-state index in [1.54, 1.807) is 0 Å². The number of nitrogens with zero attached hydrogens (tertiary/aromatic N) is 1. The lowest BCUT2D eigenvalue weighted by molar-refractivity contribution is -0.130. The molecule has 0 unspecified atom stereocenters. The molecule has 3 rings (SSSR count). The largest absolute Gasteiger partial charge is 0.361 e. The Labute approximate surface area is 187 Å². The van der Waals surface area contributed by atoms with Crippen molar-refractivity contribution in [2.75, 3.05) is 13.1 Å². The first-order chi connectivity index (χ1) is 15.3. The molecule has 0 spiro atoms. The molecule has 0 saturated carbocycles. The van der Waals surface area contributed by atoms with Gasteiger partial charge in [0.1, 0.15) is 0 Å². The van der Waals surface area contributed by atoms with Gasteiger partial charge in [-0.15, -0.1) is 0 Å². The van der Waals surface area contributed by atoms with Crippen molar-refractivity contribution in [1.29, 1.82) is 0 Å². The zero-order valence-electron chi connectivity index (χ0n) is 18.9. The van der Waals surface area contributed by atoms with Gasteiger partial charge >= 0.3 is 0 Å². The molecule has 0 aliphatic rings. The summed E-state index contributed by atoms with van der Waals surface area (Å²) in [7, 11) is 0. The van der Waals surface area contributed by atoms with E-state index in [2.05, 4.69) is 60.6 Å². The van der Waals surface area contributed by atoms with Crippen LogP contribution >= 0.6 is 0 Å². The van der Waals surface area contributed by atoms with Gasteiger partial charge in [-0.25, -0.2) is 0 Å². The molecule has 3 aromatic rings. The number of hydrogen-bond donors (Lipinski definition) is 1. The number of para-hydroxylation sites is 1. The number of carbonyl (C=O) groups excluding carboxylic acids is 1. The average molecular weight is 417 g/mol. The first-order valence-corrected chi connectivity index (χ1v) is 11.8. The van der Waals surface area contributed by atoms with Crippen LogP contribution in [0.4, 0.5) is 0 Å². The maximum Gasteiger partial charge on any atom is 0.222 e. The molecular weight excluding hydrogens is 380 g/mol. The highest BCUT2D eigenvalue weighted by atomic mass is 16.2. The summed E-state index contributed by atoms with van der Waals surface area (Å²) >= 11 is 0. The predicted octanol–water partition coefficient (Wildman–Crippen LogP) is 7.00. The van der Waals surface area contributed by atoms with Gasteiger partial charge in [-0.3, -0.25) is 4.79 Å². The molecule has 0 atom stereocenters. The SMILES string of the molecule is CCCCCCCCC(=O)N(CC=Cc1ccccc1)CCc1c[nH]c2ccccc12. The van der Waals surface area contributed by atoms with Gasteiger partial charge in [-0.1, -0.05) is 99.7 Å². The molecule has 0 radical (unpaired) electrons. The predicted molar refractivity (Wildman–Crippen MR) is 132 cm³/mol. The summed E-state index contributed by atoms with van der Waals surface area (Å²) in [5.74, 6) is 0.271. The fraction of sp³-hybridized carbons (Fsp3) is 0.393. The van der Waals surface area contributed by atoms with Crippen molar-refractivity contribution in [1.82, 2.24) is 9.88 Å². The van der Waals surface area contributed by atoms with E-state index in [1.165, 1.54) is 42.2 Å². The van der Waals surface area contributed by atoms with E-state index in [4.69, 9.17) is 0 Å². The molecule has 164 valence electrons. The Bertz CT molecular complexity index is 942. The van der Waals surface area contributed by atoms with Crippen LogP contribution in [0.1, 0.15) is 63.0 Å². The zero-order valence-corrected chi connectivity index (χ0v) is 18.9. The van der Waals surface area contributed by atoms with E-state index in [0.29, 0.717) is 13.0 Å². The number of hydrogen-bond acceptors (Lipinski definition) is 1. The summed E-state index contributed by atoms with van der Waals surface area (Å²) < 4.78 is 0. The summed E-state index contributed by atoms with van der Waals surface area (Å²) in [6.45, 7) is 3.64. The monoisotopic (exact) mass is 416 g/mol. The Morgan fingerprint density at radius 3 is 2.52 bits per heavy atom. The van der Waals surface area contributed by atoms with Gasteiger partial charge in [0.15, 0.2) is 0 Å². The molecule has 2 aromatic carbocycles. The molecule has 3 nitrogen and oxygen atoms in total. The number of aromatic nitrogens is 1. The van der Waals surface area contributed by atoms with Crippen LogP contribution < -0.4 is 0 Å². The highest BCUT2D eigenvalue weighted by Gasteiger charge is 2.13. The number of carbonyl (C=O) groups is 1. The molecule has 0 saturated heterocycles. The van der Waals surface area contributed by atoms with Crippen molar-refractivity contribution in [3.8, 4) is 0 Å². The van der Waals surface area contributed by atoms with E-state index in [0.717, 1.165) is 31.3 Å². The van der Waals surface area contributed by atoms with Crippen LogP contribution in [0.3, 0.4) is 0 Å². The van der Waals surface area contributed by atoms with E-state index in [-0.39, 0.29) is 5.91 Å². The van der Waals surface area contributed by atoms with Gasteiger partial charge in [0.05, 0.1) is 0 Å². The van der Waals surface area contributed by atoms with Crippen molar-refractivity contribution >= 4 is 22.9 Å². The zero-order chi connectivity index (χ0) is 21.7. The van der Waals surface area contributed by atoms with E-state index in [9.17, 15) is 4.79 Å². The summed E-state index contributed by atoms with van der Waals surface area (Å²) in [5.41, 5.74) is 3.61. The number of benzene rings is 2. The molecular formula is C28H36N2O. The maximum absolute atomic E-state index is 13.0. The molecule has 1 amide bonds. The van der Waals surface area contributed by atoms with Crippen molar-refractivity contribution in [3.63, 3.8) is 0 Å². The summed E-state index contributed by atoms with van der Waals surface area (Å²) in [6, 6.07) is 18.7. The molecule has 0 aliphatic heterocycles. The second-order valence-corrected chi connectivity index (χ2v) is 8.28. The normalized spacial score (nSPS) is 11.4. The summed E-state index contributed by atoms with van der Waals surface area (Å²) in [5, 5.41) is 1.26. The lowest BCUT2D eigenvalue weighted by Crippen LogP contribution is -2.33. The second kappa shape index (κ2) is 12.8. The highest BCUT2D eigenvalue weighted by molar-refractivity contribution is 5.83. The summed E-state index contributed by atoms with van der Waals surface area (Å²) in [6.07, 6.45) is 15.1. The number of nitrogens with one attached hydrogen (secondary N) is 1. The van der Waals surface area contributed by atoms with Crippen LogP contribution in [0, 0.1) is 0 Å². The Morgan fingerprint density at radius 2 is 1.68 bits per heavy atom. The smallest absolute Gasteiger partial charge is 0.222 e. The molecule has 0 fully saturated rings. The van der Waals surface area contributed by atoms with Crippen LogP contribution in [-0.4, -0.2) is 28.9 Å². The van der Waals surface area contributed by atoms with Crippen molar-refractivity contribution in [2.24, 2.45) is 0 Å². The minimum absolute atomic E-state index is 0.271. The number of amides is 1. The molecule has 3 heteroatoms. The topological polar surface area (TPSA) is 36.1 Å². The quantitative estimate of drug-likeness (QED) is 0.299. The van der Waals surface area contributed by atoms with E-state index >= 15 is 0 Å². The highest BCUT2D eigenvalue weighted by Crippen LogP contribution is 2.19. The van der Waals surface area contributed by atoms with Crippen LogP contribution in [0.25, 0.3) is 17.0 Å².